The van der Waals surface area contributed by atoms with E-state index < -0.39 is 16.1 Å². The van der Waals surface area contributed by atoms with Crippen molar-refractivity contribution in [1.82, 2.24) is 9.29 Å². The lowest BCUT2D eigenvalue weighted by Crippen LogP contribution is -2.33. The lowest BCUT2D eigenvalue weighted by molar-refractivity contribution is 0.171. The maximum absolute atomic E-state index is 12.0. The lowest BCUT2D eigenvalue weighted by atomic mass is 10.4. The second kappa shape index (κ2) is 5.22. The summed E-state index contributed by atoms with van der Waals surface area (Å²) in [5, 5.41) is 9.16. The summed E-state index contributed by atoms with van der Waals surface area (Å²) in [6.07, 6.45) is 2.08. The number of likely N-dealkylation sites (N-methyl/N-ethyl adjacent to an activating group) is 1. The third-order valence-corrected chi connectivity index (χ3v) is 4.13. The van der Waals surface area contributed by atoms with Crippen LogP contribution in [-0.4, -0.2) is 42.5 Å². The summed E-state index contributed by atoms with van der Waals surface area (Å²) in [6.45, 7) is 1.58. The Morgan fingerprint density at radius 2 is 2.19 bits per heavy atom. The Morgan fingerprint density at radius 3 is 2.69 bits per heavy atom. The second-order valence-electron chi connectivity index (χ2n) is 3.47. The molecule has 0 amide bonds. The molecule has 0 unspecified atom stereocenters. The van der Waals surface area contributed by atoms with Gasteiger partial charge in [0.1, 0.15) is 4.90 Å². The zero-order valence-electron chi connectivity index (χ0n) is 8.96. The van der Waals surface area contributed by atoms with Crippen LogP contribution in [-0.2, 0) is 10.0 Å². The molecule has 5 nitrogen and oxygen atoms in total. The van der Waals surface area contributed by atoms with Gasteiger partial charge in [0, 0.05) is 30.5 Å². The van der Waals surface area contributed by atoms with E-state index in [0.717, 1.165) is 4.31 Å². The fourth-order valence-electron chi connectivity index (χ4n) is 1.18. The van der Waals surface area contributed by atoms with Gasteiger partial charge in [-0.1, -0.05) is 0 Å². The topological polar surface area (TPSA) is 70.5 Å². The van der Waals surface area contributed by atoms with Gasteiger partial charge < -0.3 is 5.11 Å². The molecule has 16 heavy (non-hydrogen) atoms. The van der Waals surface area contributed by atoms with Crippen LogP contribution in [0, 0.1) is 0 Å². The molecule has 1 atom stereocenters. The van der Waals surface area contributed by atoms with Crippen LogP contribution in [0.25, 0.3) is 0 Å². The van der Waals surface area contributed by atoms with Crippen molar-refractivity contribution in [1.29, 1.82) is 0 Å². The van der Waals surface area contributed by atoms with E-state index in [1.54, 1.807) is 0 Å². The predicted octanol–water partition coefficient (Wildman–Crippen LogP) is 0.845. The van der Waals surface area contributed by atoms with Crippen LogP contribution < -0.4 is 0 Å². The van der Waals surface area contributed by atoms with Crippen LogP contribution in [0.2, 0.25) is 0 Å². The van der Waals surface area contributed by atoms with E-state index in [4.69, 9.17) is 5.11 Å². The Kier molecular flexibility index (Phi) is 4.43. The molecular weight excluding hydrogens is 296 g/mol. The molecule has 90 valence electrons. The fraction of sp³-hybridized carbons (Fsp3) is 0.444. The van der Waals surface area contributed by atoms with Crippen molar-refractivity contribution < 1.29 is 13.5 Å². The smallest absolute Gasteiger partial charge is 0.244 e. The summed E-state index contributed by atoms with van der Waals surface area (Å²) < 4.78 is 25.6. The van der Waals surface area contributed by atoms with E-state index in [2.05, 4.69) is 20.9 Å². The summed E-state index contributed by atoms with van der Waals surface area (Å²) in [7, 11) is -2.16. The van der Waals surface area contributed by atoms with E-state index in [1.165, 1.54) is 32.4 Å². The highest BCUT2D eigenvalue weighted by atomic mass is 79.9. The second-order valence-corrected chi connectivity index (χ2v) is 6.43. The van der Waals surface area contributed by atoms with Crippen LogP contribution in [0.3, 0.4) is 0 Å². The normalized spacial score (nSPS) is 14.1. The van der Waals surface area contributed by atoms with Crippen molar-refractivity contribution in [3.8, 4) is 0 Å². The molecule has 0 aliphatic carbocycles. The van der Waals surface area contributed by atoms with Gasteiger partial charge in [0.15, 0.2) is 0 Å². The summed E-state index contributed by atoms with van der Waals surface area (Å²) >= 11 is 3.16. The number of rotatable bonds is 4. The number of halogens is 1. The van der Waals surface area contributed by atoms with E-state index in [9.17, 15) is 8.42 Å². The molecule has 0 aliphatic heterocycles. The molecular formula is C9H13BrN2O3S. The van der Waals surface area contributed by atoms with Gasteiger partial charge in [0.05, 0.1) is 6.10 Å². The Hall–Kier alpha value is -0.500. The minimum absolute atomic E-state index is 0.0504. The molecule has 1 aromatic rings. The van der Waals surface area contributed by atoms with Gasteiger partial charge in [-0.05, 0) is 28.9 Å². The molecule has 0 bridgehead atoms. The number of hydrogen-bond donors (Lipinski definition) is 1. The summed E-state index contributed by atoms with van der Waals surface area (Å²) in [4.78, 5) is 3.90. The minimum Gasteiger partial charge on any atom is -0.392 e. The highest BCUT2D eigenvalue weighted by molar-refractivity contribution is 9.10. The van der Waals surface area contributed by atoms with Gasteiger partial charge >= 0.3 is 0 Å². The van der Waals surface area contributed by atoms with Gasteiger partial charge in [-0.25, -0.2) is 8.42 Å². The van der Waals surface area contributed by atoms with Gasteiger partial charge in [-0.3, -0.25) is 4.98 Å². The Bertz CT molecular complexity index is 462. The van der Waals surface area contributed by atoms with E-state index in [-0.39, 0.29) is 11.4 Å². The Labute approximate surface area is 103 Å². The number of sulfonamides is 1. The quantitative estimate of drug-likeness (QED) is 0.895. The Balaban J connectivity index is 3.02. The van der Waals surface area contributed by atoms with Crippen LogP contribution in [0.5, 0.6) is 0 Å². The molecule has 1 rings (SSSR count). The molecule has 0 radical (unpaired) electrons. The van der Waals surface area contributed by atoms with Crippen LogP contribution in [0.1, 0.15) is 6.92 Å². The van der Waals surface area contributed by atoms with Gasteiger partial charge in [0.25, 0.3) is 0 Å². The monoisotopic (exact) mass is 308 g/mol. The summed E-state index contributed by atoms with van der Waals surface area (Å²) in [6, 6.07) is 1.47. The van der Waals surface area contributed by atoms with Gasteiger partial charge in [-0.15, -0.1) is 0 Å². The van der Waals surface area contributed by atoms with E-state index >= 15 is 0 Å². The molecule has 1 aromatic heterocycles. The molecule has 1 N–H and O–H groups in total. The number of aromatic nitrogens is 1. The SMILES string of the molecule is C[C@H](O)CN(C)S(=O)(=O)c1cncc(Br)c1. The molecule has 1 heterocycles. The number of pyridine rings is 1. The highest BCUT2D eigenvalue weighted by Crippen LogP contribution is 2.17. The maximum atomic E-state index is 12.0. The van der Waals surface area contributed by atoms with Crippen LogP contribution in [0.15, 0.2) is 27.8 Å². The number of aliphatic hydroxyl groups is 1. The maximum Gasteiger partial charge on any atom is 0.244 e. The van der Waals surface area contributed by atoms with Gasteiger partial charge in [0.2, 0.25) is 10.0 Å². The van der Waals surface area contributed by atoms with Crippen molar-refractivity contribution in [2.24, 2.45) is 0 Å². The average Bonchev–Trinajstić information content (AvgIpc) is 2.16. The lowest BCUT2D eigenvalue weighted by Gasteiger charge is -2.18. The predicted molar refractivity (Wildman–Crippen MR) is 63.4 cm³/mol. The van der Waals surface area contributed by atoms with E-state index in [0.29, 0.717) is 4.47 Å². The van der Waals surface area contributed by atoms with Crippen molar-refractivity contribution in [2.45, 2.75) is 17.9 Å². The first-order valence-electron chi connectivity index (χ1n) is 4.59. The number of hydrogen-bond acceptors (Lipinski definition) is 4. The first-order chi connectivity index (χ1) is 7.34. The fourth-order valence-corrected chi connectivity index (χ4v) is 2.94. The van der Waals surface area contributed by atoms with Crippen molar-refractivity contribution in [2.75, 3.05) is 13.6 Å². The first-order valence-corrected chi connectivity index (χ1v) is 6.82. The average molecular weight is 309 g/mol. The van der Waals surface area contributed by atoms with Crippen LogP contribution >= 0.6 is 15.9 Å². The Morgan fingerprint density at radius 1 is 1.56 bits per heavy atom. The first kappa shape index (κ1) is 13.6. The van der Waals surface area contributed by atoms with Gasteiger partial charge in [-0.2, -0.15) is 4.31 Å². The molecule has 0 spiro atoms. The number of nitrogens with zero attached hydrogens (tertiary/aromatic N) is 2. The standard InChI is InChI=1S/C9H13BrN2O3S/c1-7(13)6-12(2)16(14,15)9-3-8(10)4-11-5-9/h3-5,7,13H,6H2,1-2H3/t7-/m0/s1. The largest absolute Gasteiger partial charge is 0.392 e. The number of aliphatic hydroxyl groups excluding tert-OH is 1. The summed E-state index contributed by atoms with van der Waals surface area (Å²) in [5.41, 5.74) is 0. The molecule has 7 heteroatoms. The molecule has 0 saturated carbocycles. The van der Waals surface area contributed by atoms with Crippen LogP contribution in [0.4, 0.5) is 0 Å². The zero-order valence-corrected chi connectivity index (χ0v) is 11.4. The molecule has 0 saturated heterocycles. The molecule has 0 aliphatic rings. The third-order valence-electron chi connectivity index (χ3n) is 1.91. The third kappa shape index (κ3) is 3.24. The molecule has 0 fully saturated rings. The molecule has 0 aromatic carbocycles. The van der Waals surface area contributed by atoms with Crippen molar-refractivity contribution in [3.05, 3.63) is 22.9 Å². The zero-order chi connectivity index (χ0) is 12.3. The minimum atomic E-state index is -3.58. The van der Waals surface area contributed by atoms with Crippen molar-refractivity contribution >= 4 is 26.0 Å². The summed E-state index contributed by atoms with van der Waals surface area (Å²) in [5.74, 6) is 0. The van der Waals surface area contributed by atoms with Crippen molar-refractivity contribution in [3.63, 3.8) is 0 Å². The van der Waals surface area contributed by atoms with E-state index in [1.807, 2.05) is 0 Å². The highest BCUT2D eigenvalue weighted by Gasteiger charge is 2.22.